The Bertz CT molecular complexity index is 813. The summed E-state index contributed by atoms with van der Waals surface area (Å²) in [7, 11) is 3.44. The van der Waals surface area contributed by atoms with Crippen molar-refractivity contribution in [3.63, 3.8) is 0 Å². The van der Waals surface area contributed by atoms with Crippen molar-refractivity contribution in [3.8, 4) is 17.2 Å². The first-order chi connectivity index (χ1) is 12.8. The number of benzene rings is 2. The molecule has 0 spiro atoms. The van der Waals surface area contributed by atoms with Crippen LogP contribution >= 0.6 is 0 Å². The van der Waals surface area contributed by atoms with Gasteiger partial charge in [-0.15, -0.1) is 0 Å². The molecule has 136 valence electrons. The Kier molecular flexibility index (Phi) is 4.49. The summed E-state index contributed by atoms with van der Waals surface area (Å²) in [5.41, 5.74) is 3.51. The first-order valence-electron chi connectivity index (χ1n) is 9.17. The maximum Gasteiger partial charge on any atom is 0.142 e. The van der Waals surface area contributed by atoms with Crippen molar-refractivity contribution in [2.75, 3.05) is 26.1 Å². The quantitative estimate of drug-likeness (QED) is 0.776. The van der Waals surface area contributed by atoms with E-state index in [0.29, 0.717) is 18.4 Å². The molecular weight excluding hydrogens is 326 g/mol. The number of rotatable bonds is 5. The van der Waals surface area contributed by atoms with Gasteiger partial charge in [-0.05, 0) is 49.1 Å². The lowest BCUT2D eigenvalue weighted by atomic mass is 9.76. The van der Waals surface area contributed by atoms with E-state index in [2.05, 4.69) is 41.7 Å². The molecule has 0 saturated carbocycles. The van der Waals surface area contributed by atoms with Gasteiger partial charge in [-0.2, -0.15) is 0 Å². The number of ether oxygens (including phenoxy) is 3. The smallest absolute Gasteiger partial charge is 0.142 e. The molecule has 0 fully saturated rings. The number of hydrogen-bond donors (Lipinski definition) is 1. The predicted octanol–water partition coefficient (Wildman–Crippen LogP) is 4.93. The van der Waals surface area contributed by atoms with Crippen molar-refractivity contribution in [2.24, 2.45) is 5.92 Å². The van der Waals surface area contributed by atoms with Crippen LogP contribution in [0.1, 0.15) is 36.4 Å². The summed E-state index contributed by atoms with van der Waals surface area (Å²) < 4.78 is 16.9. The zero-order valence-electron chi connectivity index (χ0n) is 15.5. The lowest BCUT2D eigenvalue weighted by Gasteiger charge is -2.38. The largest absolute Gasteiger partial charge is 0.496 e. The minimum atomic E-state index is 0.221. The van der Waals surface area contributed by atoms with Gasteiger partial charge in [0.2, 0.25) is 0 Å². The highest BCUT2D eigenvalue weighted by Gasteiger charge is 2.40. The molecule has 0 saturated heterocycles. The second kappa shape index (κ2) is 6.94. The van der Waals surface area contributed by atoms with E-state index in [1.807, 2.05) is 19.1 Å². The number of anilines is 1. The first-order valence-corrected chi connectivity index (χ1v) is 9.17. The van der Waals surface area contributed by atoms with Gasteiger partial charge in [0.1, 0.15) is 17.2 Å². The molecule has 0 amide bonds. The third-order valence-corrected chi connectivity index (χ3v) is 5.43. The van der Waals surface area contributed by atoms with E-state index >= 15 is 0 Å². The molecule has 2 aromatic rings. The van der Waals surface area contributed by atoms with E-state index in [-0.39, 0.29) is 6.04 Å². The van der Waals surface area contributed by atoms with Crippen LogP contribution in [0.2, 0.25) is 0 Å². The minimum Gasteiger partial charge on any atom is -0.496 e. The lowest BCUT2D eigenvalue weighted by molar-refractivity contribution is 0.339. The van der Waals surface area contributed by atoms with Gasteiger partial charge in [0, 0.05) is 11.5 Å². The number of nitrogens with one attached hydrogen (secondary N) is 1. The highest BCUT2D eigenvalue weighted by atomic mass is 16.5. The summed E-state index contributed by atoms with van der Waals surface area (Å²) in [6.45, 7) is 2.68. The highest BCUT2D eigenvalue weighted by Crippen LogP contribution is 2.55. The van der Waals surface area contributed by atoms with Crippen LogP contribution < -0.4 is 19.5 Å². The van der Waals surface area contributed by atoms with E-state index in [1.54, 1.807) is 14.2 Å². The molecule has 4 rings (SSSR count). The summed E-state index contributed by atoms with van der Waals surface area (Å²) in [6.07, 6.45) is 5.65. The second-order valence-corrected chi connectivity index (χ2v) is 6.74. The molecule has 1 heterocycles. The third-order valence-electron chi connectivity index (χ3n) is 5.43. The van der Waals surface area contributed by atoms with Crippen LogP contribution in [0.3, 0.4) is 0 Å². The van der Waals surface area contributed by atoms with Gasteiger partial charge in [-0.1, -0.05) is 24.3 Å². The summed E-state index contributed by atoms with van der Waals surface area (Å²) in [6, 6.07) is 12.6. The Labute approximate surface area is 154 Å². The number of allylic oxidation sites excluding steroid dienone is 2. The van der Waals surface area contributed by atoms with Gasteiger partial charge in [0.05, 0.1) is 32.6 Å². The van der Waals surface area contributed by atoms with Crippen LogP contribution in [0.25, 0.3) is 0 Å². The molecule has 3 unspecified atom stereocenters. The van der Waals surface area contributed by atoms with Crippen LogP contribution in [0.5, 0.6) is 17.2 Å². The third kappa shape index (κ3) is 2.70. The topological polar surface area (TPSA) is 39.7 Å². The Morgan fingerprint density at radius 2 is 1.73 bits per heavy atom. The summed E-state index contributed by atoms with van der Waals surface area (Å²) in [5.74, 6) is 3.47. The molecule has 2 aliphatic rings. The molecule has 1 N–H and O–H groups in total. The minimum absolute atomic E-state index is 0.221. The van der Waals surface area contributed by atoms with E-state index in [1.165, 1.54) is 11.1 Å². The molecule has 0 bridgehead atoms. The fourth-order valence-corrected chi connectivity index (χ4v) is 4.26. The average Bonchev–Trinajstić information content (AvgIpc) is 3.17. The molecule has 4 heteroatoms. The molecule has 1 aliphatic heterocycles. The average molecular weight is 351 g/mol. The van der Waals surface area contributed by atoms with Crippen molar-refractivity contribution in [1.29, 1.82) is 0 Å². The van der Waals surface area contributed by atoms with Crippen molar-refractivity contribution in [3.05, 3.63) is 59.7 Å². The summed E-state index contributed by atoms with van der Waals surface area (Å²) in [5, 5.41) is 3.74. The number of fused-ring (bicyclic) bond motifs is 3. The standard InChI is InChI=1S/C22H25NO3/c1-4-26-15-10-8-14(9-11-15)21-17-7-5-6-16(17)20-18(24-2)12-13-19(25-3)22(20)23-21/h5-6,8-13,16-17,21,23H,4,7H2,1-3H3. The van der Waals surface area contributed by atoms with Gasteiger partial charge in [0.15, 0.2) is 0 Å². The normalized spacial score (nSPS) is 23.0. The van der Waals surface area contributed by atoms with Crippen LogP contribution in [-0.2, 0) is 0 Å². The zero-order valence-corrected chi connectivity index (χ0v) is 15.5. The maximum absolute atomic E-state index is 5.66. The molecule has 1 aliphatic carbocycles. The molecule has 2 aromatic carbocycles. The predicted molar refractivity (Wildman–Crippen MR) is 104 cm³/mol. The first kappa shape index (κ1) is 16.8. The van der Waals surface area contributed by atoms with Crippen molar-refractivity contribution in [2.45, 2.75) is 25.3 Å². The van der Waals surface area contributed by atoms with E-state index in [9.17, 15) is 0 Å². The fourth-order valence-electron chi connectivity index (χ4n) is 4.26. The van der Waals surface area contributed by atoms with Gasteiger partial charge in [0.25, 0.3) is 0 Å². The molecule has 26 heavy (non-hydrogen) atoms. The van der Waals surface area contributed by atoms with Crippen LogP contribution in [0, 0.1) is 5.92 Å². The number of hydrogen-bond acceptors (Lipinski definition) is 4. The van der Waals surface area contributed by atoms with Crippen molar-refractivity contribution < 1.29 is 14.2 Å². The Morgan fingerprint density at radius 3 is 2.42 bits per heavy atom. The fraction of sp³-hybridized carbons (Fsp3) is 0.364. The van der Waals surface area contributed by atoms with E-state index in [0.717, 1.165) is 29.4 Å². The Morgan fingerprint density at radius 1 is 1.00 bits per heavy atom. The van der Waals surface area contributed by atoms with Gasteiger partial charge < -0.3 is 19.5 Å². The molecular formula is C22H25NO3. The molecule has 4 nitrogen and oxygen atoms in total. The number of methoxy groups -OCH3 is 2. The Balaban J connectivity index is 1.76. The monoisotopic (exact) mass is 351 g/mol. The Hall–Kier alpha value is -2.62. The summed E-state index contributed by atoms with van der Waals surface area (Å²) >= 11 is 0. The van der Waals surface area contributed by atoms with E-state index in [4.69, 9.17) is 14.2 Å². The molecule has 0 aromatic heterocycles. The van der Waals surface area contributed by atoms with Crippen molar-refractivity contribution >= 4 is 5.69 Å². The van der Waals surface area contributed by atoms with Crippen LogP contribution in [-0.4, -0.2) is 20.8 Å². The highest BCUT2D eigenvalue weighted by molar-refractivity contribution is 5.71. The second-order valence-electron chi connectivity index (χ2n) is 6.74. The molecule has 3 atom stereocenters. The zero-order chi connectivity index (χ0) is 18.1. The van der Waals surface area contributed by atoms with Gasteiger partial charge in [-0.3, -0.25) is 0 Å². The van der Waals surface area contributed by atoms with Gasteiger partial charge in [-0.25, -0.2) is 0 Å². The lowest BCUT2D eigenvalue weighted by Crippen LogP contribution is -2.29. The molecule has 0 radical (unpaired) electrons. The maximum atomic E-state index is 5.66. The summed E-state index contributed by atoms with van der Waals surface area (Å²) in [4.78, 5) is 0. The van der Waals surface area contributed by atoms with Crippen LogP contribution in [0.15, 0.2) is 48.6 Å². The van der Waals surface area contributed by atoms with E-state index < -0.39 is 0 Å². The van der Waals surface area contributed by atoms with Crippen LogP contribution in [0.4, 0.5) is 5.69 Å². The van der Waals surface area contributed by atoms with Crippen molar-refractivity contribution in [1.82, 2.24) is 0 Å². The SMILES string of the molecule is CCOc1ccc(C2Nc3c(OC)ccc(OC)c3C3C=CCC32)cc1. The van der Waals surface area contributed by atoms with Gasteiger partial charge >= 0.3 is 0 Å².